The van der Waals surface area contributed by atoms with Crippen LogP contribution in [0.25, 0.3) is 0 Å². The minimum absolute atomic E-state index is 0.0463. The van der Waals surface area contributed by atoms with Crippen molar-refractivity contribution in [2.24, 2.45) is 5.73 Å². The highest BCUT2D eigenvalue weighted by molar-refractivity contribution is 5.80. The standard InChI is InChI=1S/C13H19NO2/c1-10(2)16-9-12(15)8-13(14)11-6-4-3-5-7-11/h3-7,10,13H,8-9,14H2,1-2H3. The van der Waals surface area contributed by atoms with Gasteiger partial charge in [-0.05, 0) is 19.4 Å². The molecule has 3 heteroatoms. The molecule has 2 N–H and O–H groups in total. The summed E-state index contributed by atoms with van der Waals surface area (Å²) in [5.41, 5.74) is 6.91. The van der Waals surface area contributed by atoms with Gasteiger partial charge >= 0.3 is 0 Å². The van der Waals surface area contributed by atoms with Gasteiger partial charge in [0.25, 0.3) is 0 Å². The fourth-order valence-corrected chi connectivity index (χ4v) is 1.38. The van der Waals surface area contributed by atoms with Crippen LogP contribution in [0.2, 0.25) is 0 Å². The Morgan fingerprint density at radius 3 is 2.50 bits per heavy atom. The van der Waals surface area contributed by atoms with Crippen LogP contribution >= 0.6 is 0 Å². The van der Waals surface area contributed by atoms with Crippen molar-refractivity contribution < 1.29 is 9.53 Å². The van der Waals surface area contributed by atoms with Gasteiger partial charge in [0, 0.05) is 12.5 Å². The average Bonchev–Trinajstić information content (AvgIpc) is 2.27. The zero-order valence-corrected chi connectivity index (χ0v) is 9.85. The van der Waals surface area contributed by atoms with E-state index in [1.54, 1.807) is 0 Å². The summed E-state index contributed by atoms with van der Waals surface area (Å²) in [7, 11) is 0. The summed E-state index contributed by atoms with van der Waals surface area (Å²) in [6.45, 7) is 3.97. The van der Waals surface area contributed by atoms with E-state index in [0.717, 1.165) is 5.56 Å². The second kappa shape index (κ2) is 6.40. The Kier molecular flexibility index (Phi) is 5.15. The topological polar surface area (TPSA) is 52.3 Å². The van der Waals surface area contributed by atoms with E-state index in [1.165, 1.54) is 0 Å². The summed E-state index contributed by atoms with van der Waals surface area (Å²) < 4.78 is 5.24. The SMILES string of the molecule is CC(C)OCC(=O)CC(N)c1ccccc1. The van der Waals surface area contributed by atoms with E-state index in [9.17, 15) is 4.79 Å². The third-order valence-electron chi connectivity index (χ3n) is 2.25. The lowest BCUT2D eigenvalue weighted by Gasteiger charge is -2.12. The maximum Gasteiger partial charge on any atom is 0.160 e. The predicted molar refractivity (Wildman–Crippen MR) is 64.1 cm³/mol. The van der Waals surface area contributed by atoms with Gasteiger partial charge in [0.15, 0.2) is 5.78 Å². The van der Waals surface area contributed by atoms with Gasteiger partial charge in [-0.25, -0.2) is 0 Å². The highest BCUT2D eigenvalue weighted by Gasteiger charge is 2.11. The molecule has 0 spiro atoms. The highest BCUT2D eigenvalue weighted by Crippen LogP contribution is 2.13. The Morgan fingerprint density at radius 1 is 1.31 bits per heavy atom. The van der Waals surface area contributed by atoms with Crippen molar-refractivity contribution in [1.82, 2.24) is 0 Å². The summed E-state index contributed by atoms with van der Waals surface area (Å²) in [4.78, 5) is 11.5. The smallest absolute Gasteiger partial charge is 0.160 e. The highest BCUT2D eigenvalue weighted by atomic mass is 16.5. The van der Waals surface area contributed by atoms with Crippen molar-refractivity contribution in [3.05, 3.63) is 35.9 Å². The molecule has 88 valence electrons. The van der Waals surface area contributed by atoms with Crippen molar-refractivity contribution in [3.63, 3.8) is 0 Å². The van der Waals surface area contributed by atoms with E-state index < -0.39 is 0 Å². The molecule has 0 heterocycles. The molecule has 0 bridgehead atoms. The number of hydrogen-bond acceptors (Lipinski definition) is 3. The van der Waals surface area contributed by atoms with Crippen LogP contribution in [0, 0.1) is 0 Å². The van der Waals surface area contributed by atoms with Crippen LogP contribution in [-0.4, -0.2) is 18.5 Å². The molecule has 0 fully saturated rings. The Hall–Kier alpha value is -1.19. The quantitative estimate of drug-likeness (QED) is 0.800. The van der Waals surface area contributed by atoms with Crippen molar-refractivity contribution in [3.8, 4) is 0 Å². The molecule has 1 aromatic rings. The van der Waals surface area contributed by atoms with Crippen LogP contribution in [0.1, 0.15) is 31.9 Å². The van der Waals surface area contributed by atoms with Crippen LogP contribution in [0.15, 0.2) is 30.3 Å². The van der Waals surface area contributed by atoms with Gasteiger partial charge in [0.05, 0.1) is 6.10 Å². The summed E-state index contributed by atoms with van der Waals surface area (Å²) in [5, 5.41) is 0. The number of hydrogen-bond donors (Lipinski definition) is 1. The molecule has 0 saturated heterocycles. The lowest BCUT2D eigenvalue weighted by molar-refractivity contribution is -0.125. The molecule has 0 aromatic heterocycles. The summed E-state index contributed by atoms with van der Waals surface area (Å²) >= 11 is 0. The molecule has 1 atom stereocenters. The van der Waals surface area contributed by atoms with E-state index in [4.69, 9.17) is 10.5 Å². The fraction of sp³-hybridized carbons (Fsp3) is 0.462. The first kappa shape index (κ1) is 12.9. The van der Waals surface area contributed by atoms with E-state index in [2.05, 4.69) is 0 Å². The van der Waals surface area contributed by atoms with Gasteiger partial charge in [0.2, 0.25) is 0 Å². The maximum absolute atomic E-state index is 11.5. The van der Waals surface area contributed by atoms with Crippen LogP contribution < -0.4 is 5.73 Å². The molecular weight excluding hydrogens is 202 g/mol. The van der Waals surface area contributed by atoms with Crippen molar-refractivity contribution in [2.75, 3.05) is 6.61 Å². The number of carbonyl (C=O) groups excluding carboxylic acids is 1. The largest absolute Gasteiger partial charge is 0.371 e. The van der Waals surface area contributed by atoms with Crippen LogP contribution in [0.5, 0.6) is 0 Å². The molecule has 0 radical (unpaired) electrons. The van der Waals surface area contributed by atoms with E-state index in [1.807, 2.05) is 44.2 Å². The molecule has 0 aliphatic carbocycles. The minimum Gasteiger partial charge on any atom is -0.371 e. The predicted octanol–water partition coefficient (Wildman–Crippen LogP) is 2.07. The first-order valence-corrected chi connectivity index (χ1v) is 5.53. The Balaban J connectivity index is 2.40. The van der Waals surface area contributed by atoms with E-state index in [-0.39, 0.29) is 24.5 Å². The van der Waals surface area contributed by atoms with Crippen molar-refractivity contribution in [1.29, 1.82) is 0 Å². The van der Waals surface area contributed by atoms with Gasteiger partial charge in [-0.3, -0.25) is 4.79 Å². The number of Topliss-reactive ketones (excluding diaryl/α,β-unsaturated/α-hetero) is 1. The fourth-order valence-electron chi connectivity index (χ4n) is 1.38. The first-order valence-electron chi connectivity index (χ1n) is 5.53. The number of rotatable bonds is 6. The van der Waals surface area contributed by atoms with Gasteiger partial charge in [-0.15, -0.1) is 0 Å². The first-order chi connectivity index (χ1) is 7.59. The average molecular weight is 221 g/mol. The molecule has 1 aromatic carbocycles. The molecule has 1 rings (SSSR count). The molecular formula is C13H19NO2. The molecule has 16 heavy (non-hydrogen) atoms. The summed E-state index contributed by atoms with van der Waals surface area (Å²) in [6.07, 6.45) is 0.411. The van der Waals surface area contributed by atoms with Gasteiger partial charge < -0.3 is 10.5 Å². The molecule has 0 saturated carbocycles. The zero-order chi connectivity index (χ0) is 12.0. The summed E-state index contributed by atoms with van der Waals surface area (Å²) in [5.74, 6) is 0.0463. The van der Waals surface area contributed by atoms with E-state index >= 15 is 0 Å². The Bertz CT molecular complexity index is 322. The monoisotopic (exact) mass is 221 g/mol. The van der Waals surface area contributed by atoms with Crippen LogP contribution in [-0.2, 0) is 9.53 Å². The Morgan fingerprint density at radius 2 is 1.94 bits per heavy atom. The molecule has 0 amide bonds. The lowest BCUT2D eigenvalue weighted by atomic mass is 10.0. The number of nitrogens with two attached hydrogens (primary N) is 1. The van der Waals surface area contributed by atoms with Crippen LogP contribution in [0.4, 0.5) is 0 Å². The van der Waals surface area contributed by atoms with Crippen molar-refractivity contribution in [2.45, 2.75) is 32.4 Å². The van der Waals surface area contributed by atoms with Crippen LogP contribution in [0.3, 0.4) is 0 Å². The second-order valence-electron chi connectivity index (χ2n) is 4.12. The molecule has 0 aliphatic heterocycles. The number of benzene rings is 1. The number of ether oxygens (including phenoxy) is 1. The molecule has 1 unspecified atom stereocenters. The van der Waals surface area contributed by atoms with Gasteiger partial charge in [-0.2, -0.15) is 0 Å². The third-order valence-corrected chi connectivity index (χ3v) is 2.25. The zero-order valence-electron chi connectivity index (χ0n) is 9.85. The molecule has 3 nitrogen and oxygen atoms in total. The van der Waals surface area contributed by atoms with E-state index in [0.29, 0.717) is 6.42 Å². The maximum atomic E-state index is 11.5. The minimum atomic E-state index is -0.232. The second-order valence-corrected chi connectivity index (χ2v) is 4.12. The normalized spacial score (nSPS) is 12.8. The van der Waals surface area contributed by atoms with Crippen molar-refractivity contribution >= 4 is 5.78 Å². The third kappa shape index (κ3) is 4.55. The number of ketones is 1. The van der Waals surface area contributed by atoms with Gasteiger partial charge in [-0.1, -0.05) is 30.3 Å². The lowest BCUT2D eigenvalue weighted by Crippen LogP contribution is -2.20. The number of carbonyl (C=O) groups is 1. The summed E-state index contributed by atoms with van der Waals surface area (Å²) in [6, 6.07) is 9.40. The Labute approximate surface area is 96.6 Å². The molecule has 0 aliphatic rings. The van der Waals surface area contributed by atoms with Gasteiger partial charge in [0.1, 0.15) is 6.61 Å².